The van der Waals surface area contributed by atoms with E-state index in [1.54, 1.807) is 61.2 Å². The normalized spacial score (nSPS) is 16.2. The fraction of sp³-hybridized carbons (Fsp3) is 0.385. The molecule has 0 atom stereocenters. The number of anilines is 1. The van der Waals surface area contributed by atoms with Crippen LogP contribution in [-0.4, -0.2) is 60.4 Å². The van der Waals surface area contributed by atoms with Crippen LogP contribution in [0.15, 0.2) is 42.5 Å². The van der Waals surface area contributed by atoms with Gasteiger partial charge in [0.2, 0.25) is 5.91 Å². The zero-order chi connectivity index (χ0) is 25.0. The van der Waals surface area contributed by atoms with Crippen molar-refractivity contribution in [2.24, 2.45) is 0 Å². The van der Waals surface area contributed by atoms with E-state index in [-0.39, 0.29) is 37.2 Å². The van der Waals surface area contributed by atoms with Crippen LogP contribution in [0.3, 0.4) is 0 Å². The lowest BCUT2D eigenvalue weighted by molar-refractivity contribution is -0.132. The summed E-state index contributed by atoms with van der Waals surface area (Å²) in [6.07, 6.45) is 1.45. The number of nitrogens with one attached hydrogen (secondary N) is 1. The van der Waals surface area contributed by atoms with Crippen molar-refractivity contribution in [2.75, 3.05) is 31.6 Å². The van der Waals surface area contributed by atoms with Crippen LogP contribution in [-0.2, 0) is 14.3 Å². The highest BCUT2D eigenvalue weighted by Crippen LogP contribution is 2.40. The highest BCUT2D eigenvalue weighted by molar-refractivity contribution is 6.00. The summed E-state index contributed by atoms with van der Waals surface area (Å²) >= 11 is 0. The first-order chi connectivity index (χ1) is 16.8. The number of rotatable bonds is 6. The van der Waals surface area contributed by atoms with E-state index in [1.165, 1.54) is 0 Å². The molecule has 2 aromatic rings. The molecule has 0 saturated carbocycles. The maximum atomic E-state index is 12.8. The monoisotopic (exact) mass is 480 g/mol. The van der Waals surface area contributed by atoms with Crippen LogP contribution in [0.1, 0.15) is 53.8 Å². The molecule has 0 aromatic heterocycles. The van der Waals surface area contributed by atoms with Gasteiger partial charge in [0.15, 0.2) is 12.4 Å². The number of esters is 1. The topological polar surface area (TPSA) is 111 Å². The van der Waals surface area contributed by atoms with Crippen LogP contribution in [0, 0.1) is 0 Å². The third kappa shape index (κ3) is 5.62. The molecule has 0 bridgehead atoms. The number of piperidine rings is 1. The van der Waals surface area contributed by atoms with Crippen molar-refractivity contribution < 1.29 is 33.4 Å². The maximum absolute atomic E-state index is 12.8. The Bertz CT molecular complexity index is 1130. The van der Waals surface area contributed by atoms with Crippen LogP contribution in [0.5, 0.6) is 11.5 Å². The van der Waals surface area contributed by atoms with Gasteiger partial charge < -0.3 is 24.4 Å². The average molecular weight is 481 g/mol. The molecule has 2 aromatic carbocycles. The molecule has 9 heteroatoms. The molecule has 184 valence electrons. The van der Waals surface area contributed by atoms with Gasteiger partial charge in [-0.15, -0.1) is 0 Å². The number of carbonyl (C=O) groups is 4. The molecule has 35 heavy (non-hydrogen) atoms. The van der Waals surface area contributed by atoms with Crippen molar-refractivity contribution >= 4 is 29.3 Å². The predicted octanol–water partition coefficient (Wildman–Crippen LogP) is 3.23. The van der Waals surface area contributed by atoms with Crippen molar-refractivity contribution in [3.8, 4) is 11.5 Å². The third-order valence-corrected chi connectivity index (χ3v) is 6.23. The van der Waals surface area contributed by atoms with Gasteiger partial charge in [0.1, 0.15) is 17.1 Å². The highest BCUT2D eigenvalue weighted by Gasteiger charge is 2.43. The molecule has 2 amide bonds. The minimum absolute atomic E-state index is 0.00177. The number of ether oxygens (including phenoxy) is 3. The quantitative estimate of drug-likeness (QED) is 0.632. The summed E-state index contributed by atoms with van der Waals surface area (Å²) < 4.78 is 16.8. The Hall–Kier alpha value is -3.88. The van der Waals surface area contributed by atoms with Crippen LogP contribution < -0.4 is 14.8 Å². The molecule has 2 aliphatic heterocycles. The number of ketones is 1. The molecule has 0 unspecified atom stereocenters. The van der Waals surface area contributed by atoms with Gasteiger partial charge in [-0.25, -0.2) is 4.79 Å². The maximum Gasteiger partial charge on any atom is 0.338 e. The molecule has 2 heterocycles. The van der Waals surface area contributed by atoms with Crippen LogP contribution in [0.2, 0.25) is 0 Å². The minimum atomic E-state index is -0.623. The Morgan fingerprint density at radius 2 is 1.80 bits per heavy atom. The van der Waals surface area contributed by atoms with Gasteiger partial charge in [-0.05, 0) is 43.3 Å². The highest BCUT2D eigenvalue weighted by atomic mass is 16.5. The zero-order valence-electron chi connectivity index (χ0n) is 19.8. The van der Waals surface area contributed by atoms with E-state index in [2.05, 4.69) is 5.32 Å². The molecule has 1 saturated heterocycles. The SMILES string of the molecule is CCOC(=O)c1ccc(NC(=O)COc2ccc3c(c2)OC2(CCN(C(C)=O)CC2)CC3=O)cc1. The summed E-state index contributed by atoms with van der Waals surface area (Å²) in [5, 5.41) is 2.71. The first kappa shape index (κ1) is 24.3. The second kappa shape index (κ2) is 10.2. The molecule has 2 aliphatic rings. The number of amides is 2. The van der Waals surface area contributed by atoms with Gasteiger partial charge >= 0.3 is 5.97 Å². The standard InChI is InChI=1S/C26H28N2O7/c1-3-33-25(32)18-4-6-19(7-5-18)27-24(31)16-34-20-8-9-21-22(30)15-26(35-23(21)14-20)10-12-28(13-11-26)17(2)29/h4-9,14H,3,10-13,15-16H2,1-2H3,(H,27,31). The number of carbonyl (C=O) groups excluding carboxylic acids is 4. The van der Waals surface area contributed by atoms with Gasteiger partial charge in [0, 0.05) is 44.6 Å². The number of fused-ring (bicyclic) bond motifs is 1. The Kier molecular flexibility index (Phi) is 7.04. The lowest BCUT2D eigenvalue weighted by atomic mass is 9.82. The minimum Gasteiger partial charge on any atom is -0.486 e. The van der Waals surface area contributed by atoms with E-state index >= 15 is 0 Å². The molecule has 0 aliphatic carbocycles. The summed E-state index contributed by atoms with van der Waals surface area (Å²) in [6, 6.07) is 11.3. The Labute approximate surface area is 203 Å². The number of benzene rings is 2. The molecule has 9 nitrogen and oxygen atoms in total. The molecule has 4 rings (SSSR count). The lowest BCUT2D eigenvalue weighted by Gasteiger charge is -2.43. The van der Waals surface area contributed by atoms with Crippen molar-refractivity contribution in [2.45, 2.75) is 38.7 Å². The van der Waals surface area contributed by atoms with Crippen LogP contribution in [0.4, 0.5) is 5.69 Å². The molecule has 1 spiro atoms. The van der Waals surface area contributed by atoms with Gasteiger partial charge in [-0.2, -0.15) is 0 Å². The summed E-state index contributed by atoms with van der Waals surface area (Å²) in [5.74, 6) is 0.0571. The van der Waals surface area contributed by atoms with Crippen molar-refractivity contribution in [3.63, 3.8) is 0 Å². The van der Waals surface area contributed by atoms with Gasteiger partial charge in [-0.3, -0.25) is 14.4 Å². The Balaban J connectivity index is 1.35. The van der Waals surface area contributed by atoms with E-state index in [0.29, 0.717) is 54.2 Å². The summed E-state index contributed by atoms with van der Waals surface area (Å²) in [7, 11) is 0. The van der Waals surface area contributed by atoms with E-state index in [4.69, 9.17) is 14.2 Å². The second-order valence-corrected chi connectivity index (χ2v) is 8.68. The number of Topliss-reactive ketones (excluding diaryl/α,β-unsaturated/α-hetero) is 1. The Morgan fingerprint density at radius 3 is 2.46 bits per heavy atom. The van der Waals surface area contributed by atoms with Crippen LogP contribution >= 0.6 is 0 Å². The smallest absolute Gasteiger partial charge is 0.338 e. The number of hydrogen-bond donors (Lipinski definition) is 1. The first-order valence-electron chi connectivity index (χ1n) is 11.6. The van der Waals surface area contributed by atoms with Crippen LogP contribution in [0.25, 0.3) is 0 Å². The number of likely N-dealkylation sites (tertiary alicyclic amines) is 1. The van der Waals surface area contributed by atoms with E-state index in [1.807, 2.05) is 0 Å². The largest absolute Gasteiger partial charge is 0.486 e. The van der Waals surface area contributed by atoms with Gasteiger partial charge in [0.05, 0.1) is 24.2 Å². The van der Waals surface area contributed by atoms with E-state index in [0.717, 1.165) is 0 Å². The van der Waals surface area contributed by atoms with Gasteiger partial charge in [-0.1, -0.05) is 0 Å². The molecular weight excluding hydrogens is 452 g/mol. The predicted molar refractivity (Wildman–Crippen MR) is 127 cm³/mol. The summed E-state index contributed by atoms with van der Waals surface area (Å²) in [6.45, 7) is 4.42. The zero-order valence-corrected chi connectivity index (χ0v) is 19.8. The molecule has 1 fully saturated rings. The fourth-order valence-electron chi connectivity index (χ4n) is 4.32. The average Bonchev–Trinajstić information content (AvgIpc) is 2.83. The molecular formula is C26H28N2O7. The molecule has 0 radical (unpaired) electrons. The van der Waals surface area contributed by atoms with Crippen molar-refractivity contribution in [1.29, 1.82) is 0 Å². The summed E-state index contributed by atoms with van der Waals surface area (Å²) in [4.78, 5) is 50.2. The fourth-order valence-corrected chi connectivity index (χ4v) is 4.32. The third-order valence-electron chi connectivity index (χ3n) is 6.23. The molecule has 1 N–H and O–H groups in total. The van der Waals surface area contributed by atoms with Crippen molar-refractivity contribution in [1.82, 2.24) is 4.90 Å². The van der Waals surface area contributed by atoms with E-state index in [9.17, 15) is 19.2 Å². The Morgan fingerprint density at radius 1 is 1.09 bits per heavy atom. The second-order valence-electron chi connectivity index (χ2n) is 8.68. The van der Waals surface area contributed by atoms with Crippen molar-refractivity contribution in [3.05, 3.63) is 53.6 Å². The first-order valence-corrected chi connectivity index (χ1v) is 11.6. The van der Waals surface area contributed by atoms with Gasteiger partial charge in [0.25, 0.3) is 5.91 Å². The number of nitrogens with zero attached hydrogens (tertiary/aromatic N) is 1. The van der Waals surface area contributed by atoms with E-state index < -0.39 is 11.6 Å². The summed E-state index contributed by atoms with van der Waals surface area (Å²) in [5.41, 5.74) is 0.782. The number of hydrogen-bond acceptors (Lipinski definition) is 7. The lowest BCUT2D eigenvalue weighted by Crippen LogP contribution is -2.51.